The second kappa shape index (κ2) is 7.27. The summed E-state index contributed by atoms with van der Waals surface area (Å²) in [4.78, 5) is 16.3. The van der Waals surface area contributed by atoms with Crippen molar-refractivity contribution in [3.05, 3.63) is 70.6 Å². The Kier molecular flexibility index (Phi) is 4.90. The molecule has 2 N–H and O–H groups in total. The third-order valence-electron chi connectivity index (χ3n) is 3.42. The number of carbonyl (C=O) groups is 1. The standard InChI is InChI=1S/C17H16BrN5O/c1-12-9-14(3-4-15(12)18)22-17(24)20-11-13-5-7-19-16(10-13)23-8-2-6-21-23/h2-10H,11H2,1H3,(H2,20,22,24). The number of hydrogen-bond donors (Lipinski definition) is 2. The van der Waals surface area contributed by atoms with Crippen LogP contribution in [0.4, 0.5) is 10.5 Å². The highest BCUT2D eigenvalue weighted by Gasteiger charge is 2.05. The second-order valence-corrected chi connectivity index (χ2v) is 6.10. The highest BCUT2D eigenvalue weighted by atomic mass is 79.9. The molecule has 0 saturated heterocycles. The Morgan fingerprint density at radius 3 is 2.88 bits per heavy atom. The summed E-state index contributed by atoms with van der Waals surface area (Å²) in [5, 5.41) is 9.80. The maximum atomic E-state index is 12.0. The van der Waals surface area contributed by atoms with E-state index >= 15 is 0 Å². The highest BCUT2D eigenvalue weighted by molar-refractivity contribution is 9.10. The van der Waals surface area contributed by atoms with Crippen molar-refractivity contribution in [2.45, 2.75) is 13.5 Å². The van der Waals surface area contributed by atoms with Crippen LogP contribution < -0.4 is 10.6 Å². The average molecular weight is 386 g/mol. The molecule has 6 nitrogen and oxygen atoms in total. The summed E-state index contributed by atoms with van der Waals surface area (Å²) in [5.74, 6) is 0.711. The molecule has 0 radical (unpaired) electrons. The van der Waals surface area contributed by atoms with Gasteiger partial charge in [0, 0.05) is 35.3 Å². The zero-order valence-electron chi connectivity index (χ0n) is 13.0. The molecule has 2 aromatic heterocycles. The molecule has 2 heterocycles. The Bertz CT molecular complexity index is 848. The third-order valence-corrected chi connectivity index (χ3v) is 4.31. The molecule has 3 aromatic rings. The average Bonchev–Trinajstić information content (AvgIpc) is 3.11. The summed E-state index contributed by atoms with van der Waals surface area (Å²) in [6.45, 7) is 2.37. The van der Waals surface area contributed by atoms with Crippen LogP contribution in [0.2, 0.25) is 0 Å². The summed E-state index contributed by atoms with van der Waals surface area (Å²) in [6.07, 6.45) is 5.21. The van der Waals surface area contributed by atoms with E-state index in [0.717, 1.165) is 21.3 Å². The van der Waals surface area contributed by atoms with E-state index in [2.05, 4.69) is 36.6 Å². The molecule has 0 saturated carbocycles. The Labute approximate surface area is 148 Å². The molecule has 0 spiro atoms. The molecule has 0 fully saturated rings. The number of nitrogens with one attached hydrogen (secondary N) is 2. The number of halogens is 1. The molecule has 3 rings (SSSR count). The van der Waals surface area contributed by atoms with Crippen LogP contribution in [0.5, 0.6) is 0 Å². The van der Waals surface area contributed by atoms with Crippen molar-refractivity contribution in [3.8, 4) is 5.82 Å². The number of amides is 2. The first-order valence-electron chi connectivity index (χ1n) is 7.38. The zero-order valence-corrected chi connectivity index (χ0v) is 14.6. The van der Waals surface area contributed by atoms with E-state index in [-0.39, 0.29) is 6.03 Å². The molecule has 0 aliphatic heterocycles. The molecule has 1 aromatic carbocycles. The van der Waals surface area contributed by atoms with E-state index in [4.69, 9.17) is 0 Å². The van der Waals surface area contributed by atoms with Crippen molar-refractivity contribution in [1.82, 2.24) is 20.1 Å². The SMILES string of the molecule is Cc1cc(NC(=O)NCc2ccnc(-n3cccn3)c2)ccc1Br. The van der Waals surface area contributed by atoms with Gasteiger partial charge < -0.3 is 10.6 Å². The fourth-order valence-electron chi connectivity index (χ4n) is 2.18. The zero-order chi connectivity index (χ0) is 16.9. The minimum absolute atomic E-state index is 0.255. The van der Waals surface area contributed by atoms with Gasteiger partial charge in [0.05, 0.1) is 0 Å². The Hall–Kier alpha value is -2.67. The number of carbonyl (C=O) groups excluding carboxylic acids is 1. The van der Waals surface area contributed by atoms with Gasteiger partial charge in [-0.15, -0.1) is 0 Å². The van der Waals surface area contributed by atoms with Crippen LogP contribution in [-0.2, 0) is 6.54 Å². The predicted octanol–water partition coefficient (Wildman–Crippen LogP) is 3.66. The highest BCUT2D eigenvalue weighted by Crippen LogP contribution is 2.19. The van der Waals surface area contributed by atoms with Crippen molar-refractivity contribution in [1.29, 1.82) is 0 Å². The van der Waals surface area contributed by atoms with E-state index in [1.54, 1.807) is 17.1 Å². The summed E-state index contributed by atoms with van der Waals surface area (Å²) >= 11 is 3.44. The summed E-state index contributed by atoms with van der Waals surface area (Å²) in [6, 6.07) is 11.0. The molecule has 122 valence electrons. The lowest BCUT2D eigenvalue weighted by Crippen LogP contribution is -2.28. The number of rotatable bonds is 4. The van der Waals surface area contributed by atoms with Crippen LogP contribution >= 0.6 is 15.9 Å². The summed E-state index contributed by atoms with van der Waals surface area (Å²) in [7, 11) is 0. The largest absolute Gasteiger partial charge is 0.334 e. The number of anilines is 1. The van der Waals surface area contributed by atoms with Gasteiger partial charge in [-0.3, -0.25) is 0 Å². The minimum atomic E-state index is -0.255. The fraction of sp³-hybridized carbons (Fsp3) is 0.118. The smallest absolute Gasteiger partial charge is 0.319 e. The first-order valence-corrected chi connectivity index (χ1v) is 8.17. The molecule has 0 unspecified atom stereocenters. The van der Waals surface area contributed by atoms with Gasteiger partial charge >= 0.3 is 6.03 Å². The predicted molar refractivity (Wildman–Crippen MR) is 96.1 cm³/mol. The molecule has 0 aliphatic rings. The number of urea groups is 1. The number of nitrogens with zero attached hydrogens (tertiary/aromatic N) is 3. The topological polar surface area (TPSA) is 71.8 Å². The van der Waals surface area contributed by atoms with Crippen LogP contribution in [0, 0.1) is 6.92 Å². The molecule has 0 bridgehead atoms. The molecular weight excluding hydrogens is 370 g/mol. The maximum absolute atomic E-state index is 12.0. The van der Waals surface area contributed by atoms with Crippen molar-refractivity contribution in [3.63, 3.8) is 0 Å². The van der Waals surface area contributed by atoms with Gasteiger partial charge in [0.25, 0.3) is 0 Å². The van der Waals surface area contributed by atoms with Gasteiger partial charge in [0.15, 0.2) is 5.82 Å². The first kappa shape index (κ1) is 16.2. The first-order chi connectivity index (χ1) is 11.6. The van der Waals surface area contributed by atoms with Gasteiger partial charge in [0.1, 0.15) is 0 Å². The van der Waals surface area contributed by atoms with Gasteiger partial charge in [-0.1, -0.05) is 15.9 Å². The van der Waals surface area contributed by atoms with Gasteiger partial charge in [-0.2, -0.15) is 5.10 Å². The third kappa shape index (κ3) is 3.99. The summed E-state index contributed by atoms with van der Waals surface area (Å²) < 4.78 is 2.69. The van der Waals surface area contributed by atoms with Gasteiger partial charge in [0.2, 0.25) is 0 Å². The Morgan fingerprint density at radius 2 is 2.12 bits per heavy atom. The number of benzene rings is 1. The van der Waals surface area contributed by atoms with Crippen LogP contribution in [0.15, 0.2) is 59.5 Å². The number of aryl methyl sites for hydroxylation is 1. The van der Waals surface area contributed by atoms with Crippen molar-refractivity contribution in [2.24, 2.45) is 0 Å². The lowest BCUT2D eigenvalue weighted by Gasteiger charge is -2.09. The van der Waals surface area contributed by atoms with Crippen LogP contribution in [-0.4, -0.2) is 20.8 Å². The van der Waals surface area contributed by atoms with E-state index in [9.17, 15) is 4.79 Å². The fourth-order valence-corrected chi connectivity index (χ4v) is 2.43. The number of pyridine rings is 1. The summed E-state index contributed by atoms with van der Waals surface area (Å²) in [5.41, 5.74) is 2.75. The van der Waals surface area contributed by atoms with Crippen molar-refractivity contribution >= 4 is 27.6 Å². The lowest BCUT2D eigenvalue weighted by atomic mass is 10.2. The Morgan fingerprint density at radius 1 is 1.25 bits per heavy atom. The van der Waals surface area contributed by atoms with E-state index in [1.807, 2.05) is 49.5 Å². The van der Waals surface area contributed by atoms with Crippen molar-refractivity contribution in [2.75, 3.05) is 5.32 Å². The van der Waals surface area contributed by atoms with E-state index in [1.165, 1.54) is 0 Å². The molecule has 24 heavy (non-hydrogen) atoms. The molecule has 7 heteroatoms. The molecule has 0 aliphatic carbocycles. The quantitative estimate of drug-likeness (QED) is 0.719. The molecular formula is C17H16BrN5O. The molecule has 2 amide bonds. The molecule has 0 atom stereocenters. The second-order valence-electron chi connectivity index (χ2n) is 5.24. The van der Waals surface area contributed by atoms with Gasteiger partial charge in [-0.25, -0.2) is 14.5 Å². The lowest BCUT2D eigenvalue weighted by molar-refractivity contribution is 0.251. The maximum Gasteiger partial charge on any atom is 0.319 e. The van der Waals surface area contributed by atoms with E-state index < -0.39 is 0 Å². The van der Waals surface area contributed by atoms with Crippen LogP contribution in [0.1, 0.15) is 11.1 Å². The number of hydrogen-bond acceptors (Lipinski definition) is 3. The van der Waals surface area contributed by atoms with Gasteiger partial charge in [-0.05, 0) is 54.4 Å². The monoisotopic (exact) mass is 385 g/mol. The number of aromatic nitrogens is 3. The normalized spacial score (nSPS) is 10.4. The Balaban J connectivity index is 1.60. The van der Waals surface area contributed by atoms with Crippen molar-refractivity contribution < 1.29 is 4.79 Å². The van der Waals surface area contributed by atoms with E-state index in [0.29, 0.717) is 12.4 Å². The van der Waals surface area contributed by atoms with Crippen LogP contribution in [0.25, 0.3) is 5.82 Å². The minimum Gasteiger partial charge on any atom is -0.334 e. The van der Waals surface area contributed by atoms with Crippen LogP contribution in [0.3, 0.4) is 0 Å².